The van der Waals surface area contributed by atoms with E-state index in [0.717, 1.165) is 31.4 Å². The number of aliphatic hydroxyl groups excluding tert-OH is 1. The van der Waals surface area contributed by atoms with Gasteiger partial charge in [0.1, 0.15) is 6.33 Å². The number of ether oxygens (including phenoxy) is 1. The lowest BCUT2D eigenvalue weighted by atomic mass is 9.78. The van der Waals surface area contributed by atoms with E-state index in [2.05, 4.69) is 9.97 Å². The van der Waals surface area contributed by atoms with Crippen LogP contribution in [-0.2, 0) is 4.74 Å². The van der Waals surface area contributed by atoms with Crippen LogP contribution in [0.2, 0.25) is 0 Å². The van der Waals surface area contributed by atoms with Crippen molar-refractivity contribution in [3.8, 4) is 0 Å². The minimum Gasteiger partial charge on any atom is -0.388 e. The molecule has 0 amide bonds. The van der Waals surface area contributed by atoms with E-state index in [9.17, 15) is 5.11 Å². The van der Waals surface area contributed by atoms with Crippen LogP contribution in [0.3, 0.4) is 0 Å². The molecule has 1 heterocycles. The maximum absolute atomic E-state index is 9.95. The van der Waals surface area contributed by atoms with E-state index >= 15 is 0 Å². The van der Waals surface area contributed by atoms with Crippen LogP contribution < -0.4 is 0 Å². The smallest absolute Gasteiger partial charge is 0.115 e. The lowest BCUT2D eigenvalue weighted by Gasteiger charge is -2.36. The summed E-state index contributed by atoms with van der Waals surface area (Å²) in [5.41, 5.74) is 0.808. The number of rotatable bonds is 5. The second-order valence-corrected chi connectivity index (χ2v) is 4.34. The van der Waals surface area contributed by atoms with E-state index in [1.165, 1.54) is 6.33 Å². The van der Waals surface area contributed by atoms with Crippen molar-refractivity contribution in [3.05, 3.63) is 24.3 Å². The lowest BCUT2D eigenvalue weighted by Crippen LogP contribution is -2.32. The molecule has 0 spiro atoms. The first kappa shape index (κ1) is 11.5. The van der Waals surface area contributed by atoms with Gasteiger partial charge in [0.25, 0.3) is 0 Å². The molecule has 4 nitrogen and oxygen atoms in total. The van der Waals surface area contributed by atoms with Crippen LogP contribution in [0.15, 0.2) is 18.7 Å². The van der Waals surface area contributed by atoms with Gasteiger partial charge in [-0.25, -0.2) is 9.97 Å². The van der Waals surface area contributed by atoms with Gasteiger partial charge in [0.05, 0.1) is 12.2 Å². The predicted molar refractivity (Wildman–Crippen MR) is 59.7 cm³/mol. The first-order valence-corrected chi connectivity index (χ1v) is 5.84. The van der Waals surface area contributed by atoms with Gasteiger partial charge in [-0.15, -0.1) is 0 Å². The Kier molecular flexibility index (Phi) is 3.85. The normalized spacial score (nSPS) is 26.1. The molecule has 1 atom stereocenters. The molecule has 1 N–H and O–H groups in total. The van der Waals surface area contributed by atoms with Gasteiger partial charge < -0.3 is 9.84 Å². The highest BCUT2D eigenvalue weighted by molar-refractivity contribution is 5.07. The maximum atomic E-state index is 9.95. The fourth-order valence-corrected chi connectivity index (χ4v) is 2.17. The Bertz CT molecular complexity index is 312. The van der Waals surface area contributed by atoms with Crippen LogP contribution in [0, 0.1) is 5.92 Å². The van der Waals surface area contributed by atoms with Crippen molar-refractivity contribution in [2.45, 2.75) is 38.4 Å². The Balaban J connectivity index is 1.75. The van der Waals surface area contributed by atoms with Gasteiger partial charge in [-0.2, -0.15) is 0 Å². The molecular formula is C12H18N2O2. The monoisotopic (exact) mass is 222 g/mol. The van der Waals surface area contributed by atoms with Crippen LogP contribution in [0.4, 0.5) is 0 Å². The van der Waals surface area contributed by atoms with E-state index in [0.29, 0.717) is 12.0 Å². The minimum atomic E-state index is -0.436. The average molecular weight is 222 g/mol. The molecule has 0 saturated heterocycles. The van der Waals surface area contributed by atoms with Gasteiger partial charge >= 0.3 is 0 Å². The lowest BCUT2D eigenvalue weighted by molar-refractivity contribution is -0.0380. The molecule has 1 aromatic heterocycles. The molecule has 1 aliphatic carbocycles. The third kappa shape index (κ3) is 2.77. The second-order valence-electron chi connectivity index (χ2n) is 4.34. The number of hydrogen-bond acceptors (Lipinski definition) is 4. The maximum Gasteiger partial charge on any atom is 0.115 e. The average Bonchev–Trinajstić information content (AvgIpc) is 2.27. The van der Waals surface area contributed by atoms with Crippen LogP contribution in [0.1, 0.15) is 37.9 Å². The number of aliphatic hydroxyl groups is 1. The predicted octanol–water partition coefficient (Wildman–Crippen LogP) is 1.72. The fraction of sp³-hybridized carbons (Fsp3) is 0.667. The molecule has 1 saturated carbocycles. The molecule has 0 aromatic carbocycles. The molecule has 1 unspecified atom stereocenters. The summed E-state index contributed by atoms with van der Waals surface area (Å²) in [5.74, 6) is 0.576. The zero-order chi connectivity index (χ0) is 11.4. The fourth-order valence-electron chi connectivity index (χ4n) is 2.17. The summed E-state index contributed by atoms with van der Waals surface area (Å²) in [6.45, 7) is 2.80. The first-order valence-electron chi connectivity index (χ1n) is 5.84. The molecule has 2 rings (SSSR count). The Morgan fingerprint density at radius 3 is 2.75 bits per heavy atom. The van der Waals surface area contributed by atoms with Crippen molar-refractivity contribution in [1.82, 2.24) is 9.97 Å². The van der Waals surface area contributed by atoms with Crippen molar-refractivity contribution in [1.29, 1.82) is 0 Å². The van der Waals surface area contributed by atoms with E-state index in [-0.39, 0.29) is 0 Å². The van der Waals surface area contributed by atoms with Gasteiger partial charge in [0.15, 0.2) is 0 Å². The first-order chi connectivity index (χ1) is 7.79. The van der Waals surface area contributed by atoms with Gasteiger partial charge in [-0.3, -0.25) is 0 Å². The minimum absolute atomic E-state index is 0.411. The number of nitrogens with zero attached hydrogens (tertiary/aromatic N) is 2. The summed E-state index contributed by atoms with van der Waals surface area (Å²) in [7, 11) is 0. The summed E-state index contributed by atoms with van der Waals surface area (Å²) in [4.78, 5) is 7.81. The largest absolute Gasteiger partial charge is 0.388 e. The number of hydrogen-bond donors (Lipinski definition) is 1. The second kappa shape index (κ2) is 5.37. The van der Waals surface area contributed by atoms with E-state index < -0.39 is 6.10 Å². The highest BCUT2D eigenvalue weighted by Crippen LogP contribution is 2.36. The third-order valence-corrected chi connectivity index (χ3v) is 3.12. The molecule has 1 aliphatic rings. The van der Waals surface area contributed by atoms with Crippen molar-refractivity contribution in [3.63, 3.8) is 0 Å². The molecular weight excluding hydrogens is 204 g/mol. The molecule has 0 aliphatic heterocycles. The Morgan fingerprint density at radius 1 is 1.44 bits per heavy atom. The highest BCUT2D eigenvalue weighted by atomic mass is 16.5. The topological polar surface area (TPSA) is 55.2 Å². The zero-order valence-electron chi connectivity index (χ0n) is 9.54. The van der Waals surface area contributed by atoms with Gasteiger partial charge in [-0.05, 0) is 32.1 Å². The molecule has 16 heavy (non-hydrogen) atoms. The molecule has 88 valence electrons. The quantitative estimate of drug-likeness (QED) is 0.824. The van der Waals surface area contributed by atoms with Gasteiger partial charge in [-0.1, -0.05) is 0 Å². The van der Waals surface area contributed by atoms with Crippen LogP contribution in [0.5, 0.6) is 0 Å². The van der Waals surface area contributed by atoms with Crippen LogP contribution >= 0.6 is 0 Å². The van der Waals surface area contributed by atoms with Crippen LogP contribution in [0.25, 0.3) is 0 Å². The molecule has 0 radical (unpaired) electrons. The Hall–Kier alpha value is -1.00. The molecule has 0 bridgehead atoms. The van der Waals surface area contributed by atoms with Crippen molar-refractivity contribution in [2.24, 2.45) is 5.92 Å². The van der Waals surface area contributed by atoms with Crippen molar-refractivity contribution >= 4 is 0 Å². The van der Waals surface area contributed by atoms with Gasteiger partial charge in [0.2, 0.25) is 0 Å². The Morgan fingerprint density at radius 2 is 2.12 bits per heavy atom. The summed E-state index contributed by atoms with van der Waals surface area (Å²) >= 11 is 0. The number of aromatic nitrogens is 2. The summed E-state index contributed by atoms with van der Waals surface area (Å²) in [6, 6.07) is 0. The van der Waals surface area contributed by atoms with E-state index in [1.54, 1.807) is 12.4 Å². The zero-order valence-corrected chi connectivity index (χ0v) is 9.54. The van der Waals surface area contributed by atoms with E-state index in [1.807, 2.05) is 6.92 Å². The Labute approximate surface area is 95.7 Å². The standard InChI is InChI=1S/C12H18N2O2/c1-2-16-11-3-9(4-11)5-12(15)10-6-13-8-14-7-10/h6-9,11-12,15H,2-5H2,1H3. The molecule has 1 aromatic rings. The van der Waals surface area contributed by atoms with Crippen molar-refractivity contribution in [2.75, 3.05) is 6.61 Å². The van der Waals surface area contributed by atoms with Crippen LogP contribution in [-0.4, -0.2) is 27.8 Å². The summed E-state index contributed by atoms with van der Waals surface area (Å²) < 4.78 is 5.49. The highest BCUT2D eigenvalue weighted by Gasteiger charge is 2.31. The summed E-state index contributed by atoms with van der Waals surface area (Å²) in [5, 5.41) is 9.95. The third-order valence-electron chi connectivity index (χ3n) is 3.12. The van der Waals surface area contributed by atoms with E-state index in [4.69, 9.17) is 4.74 Å². The van der Waals surface area contributed by atoms with Gasteiger partial charge in [0, 0.05) is 24.6 Å². The summed E-state index contributed by atoms with van der Waals surface area (Å²) in [6.07, 6.45) is 7.73. The SMILES string of the molecule is CCOC1CC(CC(O)c2cncnc2)C1. The van der Waals surface area contributed by atoms with Crippen molar-refractivity contribution < 1.29 is 9.84 Å². The molecule has 4 heteroatoms. The molecule has 1 fully saturated rings.